The van der Waals surface area contributed by atoms with Gasteiger partial charge in [-0.05, 0) is 36.5 Å². The van der Waals surface area contributed by atoms with E-state index in [-0.39, 0.29) is 24.3 Å². The Balaban J connectivity index is 1.82. The van der Waals surface area contributed by atoms with Crippen molar-refractivity contribution in [1.29, 1.82) is 0 Å². The Hall–Kier alpha value is -2.62. The van der Waals surface area contributed by atoms with Crippen molar-refractivity contribution in [2.75, 3.05) is 11.9 Å². The second kappa shape index (κ2) is 8.29. The molecule has 0 radical (unpaired) electrons. The molecule has 0 aromatic heterocycles. The van der Waals surface area contributed by atoms with Gasteiger partial charge in [0, 0.05) is 12.1 Å². The van der Waals surface area contributed by atoms with E-state index in [4.69, 9.17) is 0 Å². The van der Waals surface area contributed by atoms with Crippen LogP contribution < -0.4 is 10.6 Å². The molecule has 0 saturated heterocycles. The largest absolute Gasteiger partial charge is 0.347 e. The first-order valence-corrected chi connectivity index (χ1v) is 8.15. The van der Waals surface area contributed by atoms with Crippen molar-refractivity contribution < 1.29 is 9.59 Å². The lowest BCUT2D eigenvalue weighted by Gasteiger charge is -2.13. The third-order valence-corrected chi connectivity index (χ3v) is 4.05. The Bertz CT molecular complexity index is 691. The maximum Gasteiger partial charge on any atom is 0.243 e. The molecule has 0 fully saturated rings. The Morgan fingerprint density at radius 1 is 0.917 bits per heavy atom. The highest BCUT2D eigenvalue weighted by atomic mass is 16.2. The number of carbonyl (C=O) groups is 2. The van der Waals surface area contributed by atoms with Crippen LogP contribution in [0.3, 0.4) is 0 Å². The highest BCUT2D eigenvalue weighted by Gasteiger charge is 2.13. The molecule has 2 amide bonds. The summed E-state index contributed by atoms with van der Waals surface area (Å²) in [6.45, 7) is 5.88. The molecule has 0 aliphatic carbocycles. The summed E-state index contributed by atoms with van der Waals surface area (Å²) in [5.41, 5.74) is 3.95. The average Bonchev–Trinajstić information content (AvgIpc) is 2.57. The summed E-state index contributed by atoms with van der Waals surface area (Å²) in [4.78, 5) is 24.1. The quantitative estimate of drug-likeness (QED) is 0.853. The van der Waals surface area contributed by atoms with Gasteiger partial charge in [-0.3, -0.25) is 9.59 Å². The predicted octanol–water partition coefficient (Wildman–Crippen LogP) is 3.55. The van der Waals surface area contributed by atoms with Gasteiger partial charge in [0.1, 0.15) is 0 Å². The van der Waals surface area contributed by atoms with E-state index in [1.165, 1.54) is 0 Å². The van der Waals surface area contributed by atoms with Gasteiger partial charge in [0.15, 0.2) is 0 Å². The fraction of sp³-hybridized carbons (Fsp3) is 0.300. The highest BCUT2D eigenvalue weighted by Crippen LogP contribution is 2.19. The number of rotatable bonds is 6. The zero-order valence-electron chi connectivity index (χ0n) is 14.4. The van der Waals surface area contributed by atoms with E-state index in [0.717, 1.165) is 22.4 Å². The number of nitrogens with one attached hydrogen (secondary N) is 2. The van der Waals surface area contributed by atoms with Gasteiger partial charge in [-0.2, -0.15) is 0 Å². The van der Waals surface area contributed by atoms with Crippen LogP contribution in [0.1, 0.15) is 36.0 Å². The van der Waals surface area contributed by atoms with Gasteiger partial charge >= 0.3 is 0 Å². The van der Waals surface area contributed by atoms with E-state index >= 15 is 0 Å². The van der Waals surface area contributed by atoms with E-state index < -0.39 is 0 Å². The Labute approximate surface area is 143 Å². The third kappa shape index (κ3) is 4.95. The predicted molar refractivity (Wildman–Crippen MR) is 97.0 cm³/mol. The van der Waals surface area contributed by atoms with Gasteiger partial charge in [0.2, 0.25) is 11.8 Å². The molecule has 0 bridgehead atoms. The number of benzene rings is 2. The Morgan fingerprint density at radius 3 is 2.17 bits per heavy atom. The van der Waals surface area contributed by atoms with Crippen molar-refractivity contribution in [3.8, 4) is 0 Å². The molecule has 4 heteroatoms. The van der Waals surface area contributed by atoms with Crippen LogP contribution in [0.15, 0.2) is 48.5 Å². The fourth-order valence-corrected chi connectivity index (χ4v) is 2.62. The summed E-state index contributed by atoms with van der Waals surface area (Å²) in [5.74, 6) is -0.219. The number of amides is 2. The molecule has 4 nitrogen and oxygen atoms in total. The van der Waals surface area contributed by atoms with E-state index in [1.807, 2.05) is 69.3 Å². The van der Waals surface area contributed by atoms with Crippen molar-refractivity contribution >= 4 is 17.5 Å². The van der Waals surface area contributed by atoms with Gasteiger partial charge in [-0.1, -0.05) is 55.5 Å². The number of para-hydroxylation sites is 1. The molecule has 2 aromatic rings. The summed E-state index contributed by atoms with van der Waals surface area (Å²) in [6, 6.07) is 15.7. The lowest BCUT2D eigenvalue weighted by atomic mass is 9.98. The van der Waals surface area contributed by atoms with E-state index in [2.05, 4.69) is 10.6 Å². The molecular weight excluding hydrogens is 300 g/mol. The van der Waals surface area contributed by atoms with Crippen molar-refractivity contribution in [2.24, 2.45) is 0 Å². The molecule has 0 aliphatic heterocycles. The highest BCUT2D eigenvalue weighted by molar-refractivity contribution is 5.95. The van der Waals surface area contributed by atoms with Crippen LogP contribution in [-0.4, -0.2) is 18.4 Å². The summed E-state index contributed by atoms with van der Waals surface area (Å²) in [5, 5.41) is 5.56. The minimum atomic E-state index is -0.215. The molecule has 24 heavy (non-hydrogen) atoms. The molecule has 0 aliphatic rings. The van der Waals surface area contributed by atoms with Crippen molar-refractivity contribution in [3.05, 3.63) is 65.2 Å². The Morgan fingerprint density at radius 2 is 1.54 bits per heavy atom. The monoisotopic (exact) mass is 324 g/mol. The van der Waals surface area contributed by atoms with Crippen molar-refractivity contribution in [1.82, 2.24) is 5.32 Å². The maximum absolute atomic E-state index is 12.1. The van der Waals surface area contributed by atoms with E-state index in [1.54, 1.807) is 0 Å². The van der Waals surface area contributed by atoms with Crippen LogP contribution in [0.25, 0.3) is 0 Å². The number of hydrogen-bond acceptors (Lipinski definition) is 2. The van der Waals surface area contributed by atoms with Crippen LogP contribution in [0, 0.1) is 13.8 Å². The SMILES string of the molecule is Cc1cccc(C)c1NC(=O)CNC(=O)CC(C)c1ccccc1. The van der Waals surface area contributed by atoms with Crippen molar-refractivity contribution in [3.63, 3.8) is 0 Å². The summed E-state index contributed by atoms with van der Waals surface area (Å²) in [7, 11) is 0. The average molecular weight is 324 g/mol. The van der Waals surface area contributed by atoms with Gasteiger partial charge in [0.05, 0.1) is 6.54 Å². The number of aryl methyl sites for hydroxylation is 2. The van der Waals surface area contributed by atoms with Crippen LogP contribution in [0.5, 0.6) is 0 Å². The zero-order chi connectivity index (χ0) is 17.5. The lowest BCUT2D eigenvalue weighted by molar-refractivity contribution is -0.124. The molecule has 1 unspecified atom stereocenters. The topological polar surface area (TPSA) is 58.2 Å². The second-order valence-electron chi connectivity index (χ2n) is 6.11. The first-order chi connectivity index (χ1) is 11.5. The van der Waals surface area contributed by atoms with Crippen molar-refractivity contribution in [2.45, 2.75) is 33.1 Å². The van der Waals surface area contributed by atoms with Crippen LogP contribution >= 0.6 is 0 Å². The zero-order valence-corrected chi connectivity index (χ0v) is 14.4. The fourth-order valence-electron chi connectivity index (χ4n) is 2.62. The minimum Gasteiger partial charge on any atom is -0.347 e. The molecule has 126 valence electrons. The third-order valence-electron chi connectivity index (χ3n) is 4.05. The first-order valence-electron chi connectivity index (χ1n) is 8.15. The number of hydrogen-bond donors (Lipinski definition) is 2. The summed E-state index contributed by atoms with van der Waals surface area (Å²) >= 11 is 0. The smallest absolute Gasteiger partial charge is 0.243 e. The molecular formula is C20H24N2O2. The molecule has 2 aromatic carbocycles. The van der Waals surface area contributed by atoms with Gasteiger partial charge in [-0.25, -0.2) is 0 Å². The molecule has 1 atom stereocenters. The summed E-state index contributed by atoms with van der Waals surface area (Å²) < 4.78 is 0. The summed E-state index contributed by atoms with van der Waals surface area (Å²) in [6.07, 6.45) is 0.362. The van der Waals surface area contributed by atoms with E-state index in [0.29, 0.717) is 6.42 Å². The van der Waals surface area contributed by atoms with Gasteiger partial charge < -0.3 is 10.6 Å². The van der Waals surface area contributed by atoms with Gasteiger partial charge in [-0.15, -0.1) is 0 Å². The standard InChI is InChI=1S/C20H24N2O2/c1-14-8-7-9-15(2)20(14)22-19(24)13-21-18(23)12-16(3)17-10-5-4-6-11-17/h4-11,16H,12-13H2,1-3H3,(H,21,23)(H,22,24). The number of carbonyl (C=O) groups excluding carboxylic acids is 2. The molecule has 2 rings (SSSR count). The first kappa shape index (κ1) is 17.7. The normalized spacial score (nSPS) is 11.6. The Kier molecular flexibility index (Phi) is 6.13. The van der Waals surface area contributed by atoms with E-state index in [9.17, 15) is 9.59 Å². The maximum atomic E-state index is 12.1. The van der Waals surface area contributed by atoms with Crippen LogP contribution in [0.2, 0.25) is 0 Å². The molecule has 0 saturated carbocycles. The number of anilines is 1. The molecule has 2 N–H and O–H groups in total. The minimum absolute atomic E-state index is 0.0197. The van der Waals surface area contributed by atoms with Crippen LogP contribution in [-0.2, 0) is 9.59 Å². The second-order valence-corrected chi connectivity index (χ2v) is 6.11. The lowest BCUT2D eigenvalue weighted by Crippen LogP contribution is -2.33. The van der Waals surface area contributed by atoms with Gasteiger partial charge in [0.25, 0.3) is 0 Å². The molecule has 0 spiro atoms. The van der Waals surface area contributed by atoms with Crippen LogP contribution in [0.4, 0.5) is 5.69 Å². The molecule has 0 heterocycles.